The average molecular weight is 580 g/mol. The van der Waals surface area contributed by atoms with Crippen molar-refractivity contribution in [3.63, 3.8) is 0 Å². The molecule has 40 heavy (non-hydrogen) atoms. The Kier molecular flexibility index (Phi) is 8.99. The monoisotopic (exact) mass is 579 g/mol. The molecule has 2 aromatic rings. The van der Waals surface area contributed by atoms with Crippen molar-refractivity contribution in [2.45, 2.75) is 95.2 Å². The fourth-order valence-electron chi connectivity index (χ4n) is 5.17. The number of alkyl halides is 3. The Morgan fingerprint density at radius 3 is 2.00 bits per heavy atom. The average Bonchev–Trinajstić information content (AvgIpc) is 2.88. The number of hydrogen-bond donors (Lipinski definition) is 0. The van der Waals surface area contributed by atoms with E-state index in [9.17, 15) is 22.8 Å². The van der Waals surface area contributed by atoms with Crippen LogP contribution in [0.2, 0.25) is 18.1 Å². The van der Waals surface area contributed by atoms with Crippen molar-refractivity contribution in [2.75, 3.05) is 7.11 Å². The number of carbonyl (C=O) groups is 2. The Morgan fingerprint density at radius 1 is 1.02 bits per heavy atom. The molecule has 0 saturated carbocycles. The molecule has 1 aliphatic heterocycles. The van der Waals surface area contributed by atoms with Gasteiger partial charge in [-0.05, 0) is 37.0 Å². The molecule has 1 aliphatic rings. The van der Waals surface area contributed by atoms with Crippen molar-refractivity contribution in [1.29, 1.82) is 0 Å². The smallest absolute Gasteiger partial charge is 0.432 e. The summed E-state index contributed by atoms with van der Waals surface area (Å²) in [5, 5.41) is -0.171. The van der Waals surface area contributed by atoms with Crippen LogP contribution in [-0.4, -0.2) is 56.1 Å². The summed E-state index contributed by atoms with van der Waals surface area (Å²) < 4.78 is 61.0. The summed E-state index contributed by atoms with van der Waals surface area (Å²) in [7, 11) is -1.59. The predicted octanol–water partition coefficient (Wildman–Crippen LogP) is 6.60. The highest BCUT2D eigenvalue weighted by molar-refractivity contribution is 6.74. The van der Waals surface area contributed by atoms with E-state index in [1.54, 1.807) is 11.8 Å². The molecule has 0 N–H and O–H groups in total. The van der Waals surface area contributed by atoms with Crippen LogP contribution >= 0.6 is 0 Å². The molecule has 0 aliphatic carbocycles. The zero-order chi connectivity index (χ0) is 30.1. The van der Waals surface area contributed by atoms with Crippen LogP contribution in [0.25, 0.3) is 0 Å². The van der Waals surface area contributed by atoms with Gasteiger partial charge in [-0.25, -0.2) is 4.79 Å². The number of methoxy groups -OCH3 is 1. The van der Waals surface area contributed by atoms with Gasteiger partial charge in [0.2, 0.25) is 6.10 Å². The lowest BCUT2D eigenvalue weighted by atomic mass is 9.73. The topological polar surface area (TPSA) is 65.1 Å². The van der Waals surface area contributed by atoms with E-state index >= 15 is 0 Å². The summed E-state index contributed by atoms with van der Waals surface area (Å²) in [6, 6.07) is 15.9. The number of nitrogens with zero attached hydrogens (tertiary/aromatic N) is 1. The van der Waals surface area contributed by atoms with E-state index in [4.69, 9.17) is 13.9 Å². The highest BCUT2D eigenvalue weighted by Gasteiger charge is 2.69. The molecule has 0 spiro atoms. The van der Waals surface area contributed by atoms with Crippen LogP contribution in [0, 0.1) is 0 Å². The second kappa shape index (κ2) is 11.3. The van der Waals surface area contributed by atoms with Crippen molar-refractivity contribution < 1.29 is 36.7 Å². The van der Waals surface area contributed by atoms with Gasteiger partial charge in [0, 0.05) is 19.2 Å². The first-order chi connectivity index (χ1) is 18.5. The van der Waals surface area contributed by atoms with Crippen LogP contribution in [0.1, 0.15) is 52.2 Å². The summed E-state index contributed by atoms with van der Waals surface area (Å²) in [4.78, 5) is 28.8. The van der Waals surface area contributed by atoms with E-state index in [1.807, 2.05) is 37.3 Å². The fourth-order valence-corrected chi connectivity index (χ4v) is 6.62. The first-order valence-corrected chi connectivity index (χ1v) is 16.3. The first kappa shape index (κ1) is 31.8. The molecule has 0 unspecified atom stereocenters. The summed E-state index contributed by atoms with van der Waals surface area (Å²) in [6.07, 6.45) is -7.00. The number of esters is 1. The molecular weight excluding hydrogens is 539 g/mol. The van der Waals surface area contributed by atoms with Gasteiger partial charge in [-0.15, -0.1) is 0 Å². The maximum Gasteiger partial charge on any atom is 0.432 e. The minimum Gasteiger partial charge on any atom is -0.447 e. The van der Waals surface area contributed by atoms with Gasteiger partial charge in [0.1, 0.15) is 5.54 Å². The molecule has 10 heteroatoms. The third-order valence-electron chi connectivity index (χ3n) is 8.58. The molecule has 2 aromatic carbocycles. The highest BCUT2D eigenvalue weighted by atomic mass is 28.4. The van der Waals surface area contributed by atoms with Crippen molar-refractivity contribution in [2.24, 2.45) is 0 Å². The van der Waals surface area contributed by atoms with Crippen LogP contribution in [0.5, 0.6) is 0 Å². The number of rotatable bonds is 10. The van der Waals surface area contributed by atoms with E-state index in [2.05, 4.69) is 33.9 Å². The Morgan fingerprint density at radius 2 is 1.55 bits per heavy atom. The number of ether oxygens (including phenoxy) is 2. The van der Waals surface area contributed by atoms with Crippen LogP contribution in [0.3, 0.4) is 0 Å². The zero-order valence-electron chi connectivity index (χ0n) is 24.5. The van der Waals surface area contributed by atoms with Crippen LogP contribution < -0.4 is 0 Å². The number of hydrogen-bond acceptors (Lipinski definition) is 5. The third kappa shape index (κ3) is 5.33. The second-order valence-electron chi connectivity index (χ2n) is 11.8. The summed E-state index contributed by atoms with van der Waals surface area (Å²) in [6.45, 7) is 14.2. The third-order valence-corrected chi connectivity index (χ3v) is 13.1. The van der Waals surface area contributed by atoms with Crippen LogP contribution in [0.15, 0.2) is 60.7 Å². The van der Waals surface area contributed by atoms with Gasteiger partial charge in [-0.3, -0.25) is 4.79 Å². The summed E-state index contributed by atoms with van der Waals surface area (Å²) >= 11 is 0. The quantitative estimate of drug-likeness (QED) is 0.180. The number of amides is 1. The van der Waals surface area contributed by atoms with Gasteiger partial charge in [-0.1, -0.05) is 88.4 Å². The molecule has 3 rings (SSSR count). The second-order valence-corrected chi connectivity index (χ2v) is 16.6. The van der Waals surface area contributed by atoms with Gasteiger partial charge < -0.3 is 18.8 Å². The van der Waals surface area contributed by atoms with Gasteiger partial charge in [0.25, 0.3) is 11.5 Å². The van der Waals surface area contributed by atoms with Gasteiger partial charge in [0.05, 0.1) is 6.10 Å². The molecule has 1 fully saturated rings. The molecule has 1 saturated heterocycles. The van der Waals surface area contributed by atoms with E-state index in [0.717, 1.165) is 24.8 Å². The Hall–Kier alpha value is -2.69. The van der Waals surface area contributed by atoms with Crippen LogP contribution in [0.4, 0.5) is 13.2 Å². The Balaban J connectivity index is 2.08. The van der Waals surface area contributed by atoms with E-state index < -0.39 is 55.3 Å². The van der Waals surface area contributed by atoms with Crippen LogP contribution in [-0.2, 0) is 35.6 Å². The maximum atomic E-state index is 14.6. The standard InChI is InChI=1S/C30H40F3NO5Si/c1-9-28(21(2)39-40(7,8)27(3,4)5)24(25(35)34(28)20-22-16-12-10-13-17-22)38-26(36)29(37-6,30(31,32)33)23-18-14-11-15-19-23/h10-19,21,24H,9,20H2,1-8H3/t21-,24+,28+,29+/m0/s1. The molecule has 0 aromatic heterocycles. The summed E-state index contributed by atoms with van der Waals surface area (Å²) in [5.74, 6) is -2.27. The lowest BCUT2D eigenvalue weighted by molar-refractivity contribution is -0.284. The predicted molar refractivity (Wildman–Crippen MR) is 149 cm³/mol. The number of β-lactam (4-membered cyclic amide) rings is 1. The molecule has 0 radical (unpaired) electrons. The molecule has 220 valence electrons. The van der Waals surface area contributed by atoms with Crippen molar-refractivity contribution >= 4 is 20.2 Å². The lowest BCUT2D eigenvalue weighted by Gasteiger charge is -2.60. The minimum atomic E-state index is -5.16. The zero-order valence-corrected chi connectivity index (χ0v) is 25.5. The normalized spacial score (nSPS) is 22.3. The van der Waals surface area contributed by atoms with Crippen molar-refractivity contribution in [3.05, 3.63) is 71.8 Å². The van der Waals surface area contributed by atoms with E-state index in [0.29, 0.717) is 0 Å². The Labute approximate surface area is 235 Å². The largest absolute Gasteiger partial charge is 0.447 e. The summed E-state index contributed by atoms with van der Waals surface area (Å²) in [5.41, 5.74) is -4.20. The van der Waals surface area contributed by atoms with Crippen molar-refractivity contribution in [3.8, 4) is 0 Å². The van der Waals surface area contributed by atoms with Gasteiger partial charge >= 0.3 is 12.1 Å². The number of carbonyl (C=O) groups excluding carboxylic acids is 2. The van der Waals surface area contributed by atoms with E-state index in [1.165, 1.54) is 18.2 Å². The molecule has 1 amide bonds. The number of halogens is 3. The molecule has 6 nitrogen and oxygen atoms in total. The van der Waals surface area contributed by atoms with Gasteiger partial charge in [-0.2, -0.15) is 13.2 Å². The molecule has 0 bridgehead atoms. The molecular formula is C30H40F3NO5Si. The molecule has 4 atom stereocenters. The minimum absolute atomic E-state index is 0.171. The lowest BCUT2D eigenvalue weighted by Crippen LogP contribution is -2.80. The maximum absolute atomic E-state index is 14.6. The van der Waals surface area contributed by atoms with Gasteiger partial charge in [0.15, 0.2) is 8.32 Å². The SMILES string of the molecule is CC[C@@]1([C@H](C)O[Si](C)(C)C(C)(C)C)[C@H](OC(=O)[C@](OC)(c2ccccc2)C(F)(F)F)C(=O)N1Cc1ccccc1. The molecule has 1 heterocycles. The first-order valence-electron chi connectivity index (χ1n) is 13.4. The fraction of sp³-hybridized carbons (Fsp3) is 0.533. The van der Waals surface area contributed by atoms with E-state index in [-0.39, 0.29) is 18.0 Å². The number of benzene rings is 2. The van der Waals surface area contributed by atoms with Crippen molar-refractivity contribution in [1.82, 2.24) is 4.90 Å². The highest BCUT2D eigenvalue weighted by Crippen LogP contribution is 2.49. The Bertz CT molecular complexity index is 1190. The number of likely N-dealkylation sites (tertiary alicyclic amines) is 1.